The van der Waals surface area contributed by atoms with Gasteiger partial charge in [-0.05, 0) is 43.2 Å². The van der Waals surface area contributed by atoms with E-state index in [9.17, 15) is 24.6 Å². The number of aryl methyl sites for hydroxylation is 2. The number of ether oxygens (including phenoxy) is 4. The topological polar surface area (TPSA) is 134 Å². The number of benzene rings is 2. The fourth-order valence-electron chi connectivity index (χ4n) is 4.21. The monoisotopic (exact) mass is 525 g/mol. The van der Waals surface area contributed by atoms with Crippen molar-refractivity contribution < 1.29 is 38.7 Å². The van der Waals surface area contributed by atoms with Gasteiger partial charge in [0.05, 0.1) is 33.3 Å². The van der Waals surface area contributed by atoms with Gasteiger partial charge in [0.25, 0.3) is 5.56 Å². The Morgan fingerprint density at radius 1 is 0.974 bits per heavy atom. The number of carbonyl (C=O) groups excluding carboxylic acids is 2. The van der Waals surface area contributed by atoms with Crippen LogP contribution in [0.25, 0.3) is 0 Å². The van der Waals surface area contributed by atoms with E-state index < -0.39 is 30.0 Å². The standard InChI is InChI=1S/C28H31NO9/c1-17-14-22(31)26(28(34)29(17)13-12-18-8-10-19(30)11-9-18)21(15-24(32)36-3)20-6-5-7-23(35-2)27(20)38-16-25(33)37-4/h5-11,14,21,30-31H,12-13,15-16H2,1-4H3/t21-/m1/s1. The predicted molar refractivity (Wildman–Crippen MR) is 138 cm³/mol. The summed E-state index contributed by atoms with van der Waals surface area (Å²) >= 11 is 0. The van der Waals surface area contributed by atoms with Gasteiger partial charge in [-0.2, -0.15) is 0 Å². The van der Waals surface area contributed by atoms with E-state index in [0.29, 0.717) is 17.7 Å². The molecule has 10 heteroatoms. The maximum Gasteiger partial charge on any atom is 0.343 e. The molecule has 1 atom stereocenters. The Morgan fingerprint density at radius 3 is 2.29 bits per heavy atom. The van der Waals surface area contributed by atoms with Gasteiger partial charge in [0.1, 0.15) is 11.5 Å². The third-order valence-corrected chi connectivity index (χ3v) is 6.20. The van der Waals surface area contributed by atoms with Crippen LogP contribution in [0, 0.1) is 6.92 Å². The molecular formula is C28H31NO9. The minimum atomic E-state index is -0.988. The molecule has 0 unspecified atom stereocenters. The highest BCUT2D eigenvalue weighted by molar-refractivity contribution is 5.73. The number of carbonyl (C=O) groups is 2. The molecule has 0 amide bonds. The second-order valence-corrected chi connectivity index (χ2v) is 8.53. The van der Waals surface area contributed by atoms with Gasteiger partial charge in [-0.15, -0.1) is 0 Å². The highest BCUT2D eigenvalue weighted by Crippen LogP contribution is 2.41. The molecule has 0 spiro atoms. The molecule has 0 aliphatic rings. The number of pyridine rings is 1. The van der Waals surface area contributed by atoms with Crippen LogP contribution in [0.2, 0.25) is 0 Å². The molecule has 10 nitrogen and oxygen atoms in total. The molecule has 0 radical (unpaired) electrons. The van der Waals surface area contributed by atoms with Crippen molar-refractivity contribution in [3.05, 3.63) is 81.3 Å². The Bertz CT molecular complexity index is 1350. The fraction of sp³-hybridized carbons (Fsp3) is 0.321. The highest BCUT2D eigenvalue weighted by atomic mass is 16.6. The minimum absolute atomic E-state index is 0.0251. The van der Waals surface area contributed by atoms with E-state index in [1.54, 1.807) is 49.4 Å². The summed E-state index contributed by atoms with van der Waals surface area (Å²) < 4.78 is 22.2. The van der Waals surface area contributed by atoms with Crippen molar-refractivity contribution in [3.63, 3.8) is 0 Å². The lowest BCUT2D eigenvalue weighted by Crippen LogP contribution is -2.29. The summed E-state index contributed by atoms with van der Waals surface area (Å²) in [6.07, 6.45) is 0.196. The van der Waals surface area contributed by atoms with Gasteiger partial charge >= 0.3 is 11.9 Å². The van der Waals surface area contributed by atoms with Crippen molar-refractivity contribution in [2.24, 2.45) is 0 Å². The number of phenolic OH excluding ortho intramolecular Hbond substituents is 1. The van der Waals surface area contributed by atoms with Crippen LogP contribution in [0.1, 0.15) is 34.7 Å². The molecule has 202 valence electrons. The quantitative estimate of drug-likeness (QED) is 0.362. The van der Waals surface area contributed by atoms with Gasteiger partial charge in [0.2, 0.25) is 0 Å². The van der Waals surface area contributed by atoms with Crippen LogP contribution in [-0.2, 0) is 32.0 Å². The van der Waals surface area contributed by atoms with Crippen molar-refractivity contribution in [2.75, 3.05) is 27.9 Å². The molecule has 0 aliphatic carbocycles. The van der Waals surface area contributed by atoms with Crippen molar-refractivity contribution in [1.82, 2.24) is 4.57 Å². The van der Waals surface area contributed by atoms with Gasteiger partial charge in [0, 0.05) is 23.7 Å². The Morgan fingerprint density at radius 2 is 1.66 bits per heavy atom. The summed E-state index contributed by atoms with van der Waals surface area (Å²) in [7, 11) is 3.86. The van der Waals surface area contributed by atoms with Gasteiger partial charge in [0.15, 0.2) is 18.1 Å². The average Bonchev–Trinajstić information content (AvgIpc) is 2.91. The molecule has 2 aromatic carbocycles. The fourth-order valence-corrected chi connectivity index (χ4v) is 4.21. The van der Waals surface area contributed by atoms with E-state index in [2.05, 4.69) is 4.74 Å². The van der Waals surface area contributed by atoms with Gasteiger partial charge in [-0.1, -0.05) is 24.3 Å². The molecule has 0 bridgehead atoms. The Kier molecular flexibility index (Phi) is 9.37. The number of esters is 2. The van der Waals surface area contributed by atoms with E-state index >= 15 is 0 Å². The SMILES string of the molecule is COC(=O)COc1c(OC)cccc1[C@@H](CC(=O)OC)c1c(O)cc(C)n(CCc2ccc(O)cc2)c1=O. The van der Waals surface area contributed by atoms with Crippen LogP contribution >= 0.6 is 0 Å². The van der Waals surface area contributed by atoms with E-state index in [1.807, 2.05) is 0 Å². The van der Waals surface area contributed by atoms with E-state index in [1.165, 1.54) is 32.0 Å². The van der Waals surface area contributed by atoms with Crippen molar-refractivity contribution in [3.8, 4) is 23.0 Å². The van der Waals surface area contributed by atoms with E-state index in [0.717, 1.165) is 5.56 Å². The zero-order valence-corrected chi connectivity index (χ0v) is 21.7. The number of rotatable bonds is 11. The van der Waals surface area contributed by atoms with Crippen molar-refractivity contribution >= 4 is 11.9 Å². The molecule has 0 saturated carbocycles. The Balaban J connectivity index is 2.13. The number of para-hydroxylation sites is 1. The minimum Gasteiger partial charge on any atom is -0.508 e. The molecule has 2 N–H and O–H groups in total. The van der Waals surface area contributed by atoms with Crippen molar-refractivity contribution in [1.29, 1.82) is 0 Å². The van der Waals surface area contributed by atoms with Gasteiger partial charge < -0.3 is 33.7 Å². The zero-order chi connectivity index (χ0) is 27.8. The lowest BCUT2D eigenvalue weighted by Gasteiger charge is -2.23. The van der Waals surface area contributed by atoms with Crippen LogP contribution in [0.3, 0.4) is 0 Å². The molecule has 0 saturated heterocycles. The number of methoxy groups -OCH3 is 3. The van der Waals surface area contributed by atoms with Crippen molar-refractivity contribution in [2.45, 2.75) is 32.2 Å². The molecule has 0 aliphatic heterocycles. The van der Waals surface area contributed by atoms with Gasteiger partial charge in [-0.3, -0.25) is 9.59 Å². The second kappa shape index (κ2) is 12.7. The lowest BCUT2D eigenvalue weighted by molar-refractivity contribution is -0.143. The summed E-state index contributed by atoms with van der Waals surface area (Å²) in [4.78, 5) is 38.1. The summed E-state index contributed by atoms with van der Waals surface area (Å²) in [6.45, 7) is 1.55. The maximum absolute atomic E-state index is 13.8. The first kappa shape index (κ1) is 28.1. The number of aromatic hydroxyl groups is 2. The molecule has 3 rings (SSSR count). The number of aromatic nitrogens is 1. The molecule has 0 fully saturated rings. The molecule has 38 heavy (non-hydrogen) atoms. The number of hydrogen-bond donors (Lipinski definition) is 2. The molecule has 1 aromatic heterocycles. The number of nitrogens with zero attached hydrogens (tertiary/aromatic N) is 1. The summed E-state index contributed by atoms with van der Waals surface area (Å²) in [6, 6.07) is 13.0. The first-order valence-corrected chi connectivity index (χ1v) is 11.8. The second-order valence-electron chi connectivity index (χ2n) is 8.53. The maximum atomic E-state index is 13.8. The third-order valence-electron chi connectivity index (χ3n) is 6.20. The smallest absolute Gasteiger partial charge is 0.343 e. The largest absolute Gasteiger partial charge is 0.508 e. The molecule has 1 heterocycles. The highest BCUT2D eigenvalue weighted by Gasteiger charge is 2.30. The molecular weight excluding hydrogens is 494 g/mol. The summed E-state index contributed by atoms with van der Waals surface area (Å²) in [5, 5.41) is 20.5. The van der Waals surface area contributed by atoms with Crippen LogP contribution in [-0.4, -0.2) is 54.7 Å². The lowest BCUT2D eigenvalue weighted by atomic mass is 9.87. The van der Waals surface area contributed by atoms with Crippen LogP contribution in [0.4, 0.5) is 0 Å². The zero-order valence-electron chi connectivity index (χ0n) is 21.7. The van der Waals surface area contributed by atoms with Crippen LogP contribution in [0.5, 0.6) is 23.0 Å². The van der Waals surface area contributed by atoms with Crippen LogP contribution < -0.4 is 15.0 Å². The Labute approximate surface area is 220 Å². The predicted octanol–water partition coefficient (Wildman–Crippen LogP) is 3.07. The Hall–Kier alpha value is -4.47. The van der Waals surface area contributed by atoms with E-state index in [-0.39, 0.29) is 41.5 Å². The number of phenols is 1. The summed E-state index contributed by atoms with van der Waals surface area (Å²) in [5.74, 6) is -2.00. The van der Waals surface area contributed by atoms with Crippen LogP contribution in [0.15, 0.2) is 53.3 Å². The number of hydrogen-bond acceptors (Lipinski definition) is 9. The first-order valence-electron chi connectivity index (χ1n) is 11.8. The molecule has 3 aromatic rings. The summed E-state index contributed by atoms with van der Waals surface area (Å²) in [5.41, 5.74) is 1.26. The van der Waals surface area contributed by atoms with Gasteiger partial charge in [-0.25, -0.2) is 4.79 Å². The third kappa shape index (κ3) is 6.44. The normalized spacial score (nSPS) is 11.5. The van der Waals surface area contributed by atoms with E-state index in [4.69, 9.17) is 14.2 Å². The average molecular weight is 526 g/mol. The first-order chi connectivity index (χ1) is 18.2.